The highest BCUT2D eigenvalue weighted by molar-refractivity contribution is 5.95. The van der Waals surface area contributed by atoms with E-state index >= 15 is 0 Å². The van der Waals surface area contributed by atoms with Gasteiger partial charge in [0.1, 0.15) is 5.82 Å². The summed E-state index contributed by atoms with van der Waals surface area (Å²) >= 11 is 0. The number of nitrogen functional groups attached to an aromatic ring is 1. The number of carbonyl (C=O) groups is 1. The van der Waals surface area contributed by atoms with Crippen molar-refractivity contribution in [3.63, 3.8) is 0 Å². The molecule has 20 heavy (non-hydrogen) atoms. The lowest BCUT2D eigenvalue weighted by Gasteiger charge is -2.27. The minimum absolute atomic E-state index is 0.242. The van der Waals surface area contributed by atoms with Gasteiger partial charge in [-0.1, -0.05) is 26.2 Å². The predicted octanol–water partition coefficient (Wildman–Crippen LogP) is 3.35. The Labute approximate surface area is 119 Å². The molecule has 1 aliphatic rings. The van der Waals surface area contributed by atoms with Gasteiger partial charge in [0, 0.05) is 17.8 Å². The molecule has 1 aromatic rings. The zero-order valence-corrected chi connectivity index (χ0v) is 12.0. The summed E-state index contributed by atoms with van der Waals surface area (Å²) in [5, 5.41) is 2.89. The second-order valence-corrected chi connectivity index (χ2v) is 5.78. The Balaban J connectivity index is 1.83. The summed E-state index contributed by atoms with van der Waals surface area (Å²) in [4.78, 5) is 12.0. The first-order valence-electron chi connectivity index (χ1n) is 7.42. The summed E-state index contributed by atoms with van der Waals surface area (Å²) in [5.41, 5.74) is 6.12. The van der Waals surface area contributed by atoms with Crippen LogP contribution >= 0.6 is 0 Å². The van der Waals surface area contributed by atoms with Gasteiger partial charge >= 0.3 is 0 Å². The lowest BCUT2D eigenvalue weighted by molar-refractivity contribution is 0.0941. The molecule has 2 rings (SSSR count). The van der Waals surface area contributed by atoms with Crippen molar-refractivity contribution in [2.24, 2.45) is 11.8 Å². The van der Waals surface area contributed by atoms with Crippen molar-refractivity contribution in [3.05, 3.63) is 29.6 Å². The number of nitrogens with one attached hydrogen (secondary N) is 1. The van der Waals surface area contributed by atoms with Crippen LogP contribution in [-0.2, 0) is 0 Å². The number of nitrogens with two attached hydrogens (primary N) is 1. The first kappa shape index (κ1) is 14.8. The van der Waals surface area contributed by atoms with Crippen LogP contribution in [0.4, 0.5) is 10.1 Å². The standard InChI is InChI=1S/C16H23FN2O/c1-2-11-3-5-12(6-4-11)10-19-16(20)13-7-14(17)9-15(18)8-13/h7-9,11-12H,2-6,10,18H2,1H3,(H,19,20). The van der Waals surface area contributed by atoms with Gasteiger partial charge in [-0.05, 0) is 42.9 Å². The van der Waals surface area contributed by atoms with Crippen LogP contribution in [0.1, 0.15) is 49.4 Å². The second kappa shape index (κ2) is 6.73. The fraction of sp³-hybridized carbons (Fsp3) is 0.562. The fourth-order valence-corrected chi connectivity index (χ4v) is 2.93. The molecule has 0 heterocycles. The molecule has 3 nitrogen and oxygen atoms in total. The Morgan fingerprint density at radius 2 is 1.90 bits per heavy atom. The molecule has 110 valence electrons. The first-order chi connectivity index (χ1) is 9.58. The van der Waals surface area contributed by atoms with E-state index < -0.39 is 5.82 Å². The van der Waals surface area contributed by atoms with Gasteiger partial charge in [-0.25, -0.2) is 4.39 Å². The minimum atomic E-state index is -0.474. The zero-order chi connectivity index (χ0) is 14.5. The lowest BCUT2D eigenvalue weighted by atomic mass is 9.81. The van der Waals surface area contributed by atoms with Crippen LogP contribution in [0.5, 0.6) is 0 Å². The predicted molar refractivity (Wildman–Crippen MR) is 78.9 cm³/mol. The molecule has 0 atom stereocenters. The van der Waals surface area contributed by atoms with Crippen molar-refractivity contribution in [2.75, 3.05) is 12.3 Å². The fourth-order valence-electron chi connectivity index (χ4n) is 2.93. The number of halogens is 1. The third-order valence-electron chi connectivity index (χ3n) is 4.28. The molecule has 0 unspecified atom stereocenters. The van der Waals surface area contributed by atoms with E-state index in [0.29, 0.717) is 18.0 Å². The smallest absolute Gasteiger partial charge is 0.251 e. The van der Waals surface area contributed by atoms with Gasteiger partial charge in [0.25, 0.3) is 5.91 Å². The van der Waals surface area contributed by atoms with Crippen molar-refractivity contribution < 1.29 is 9.18 Å². The highest BCUT2D eigenvalue weighted by Gasteiger charge is 2.20. The zero-order valence-electron chi connectivity index (χ0n) is 12.0. The van der Waals surface area contributed by atoms with Crippen molar-refractivity contribution in [2.45, 2.75) is 39.0 Å². The van der Waals surface area contributed by atoms with Crippen LogP contribution in [0.15, 0.2) is 18.2 Å². The molecule has 1 aromatic carbocycles. The van der Waals surface area contributed by atoms with Crippen molar-refractivity contribution in [1.82, 2.24) is 5.32 Å². The molecule has 0 aliphatic heterocycles. The molecule has 1 saturated carbocycles. The third kappa shape index (κ3) is 3.95. The molecule has 0 radical (unpaired) electrons. The van der Waals surface area contributed by atoms with Gasteiger partial charge < -0.3 is 11.1 Å². The summed E-state index contributed by atoms with van der Waals surface area (Å²) in [5.74, 6) is 0.685. The highest BCUT2D eigenvalue weighted by atomic mass is 19.1. The van der Waals surface area contributed by atoms with E-state index in [4.69, 9.17) is 5.73 Å². The average Bonchev–Trinajstić information content (AvgIpc) is 2.44. The molecule has 3 N–H and O–H groups in total. The number of hydrogen-bond acceptors (Lipinski definition) is 2. The maximum atomic E-state index is 13.2. The summed E-state index contributed by atoms with van der Waals surface area (Å²) in [7, 11) is 0. The maximum Gasteiger partial charge on any atom is 0.251 e. The van der Waals surface area contributed by atoms with Crippen LogP contribution in [0.25, 0.3) is 0 Å². The Bertz CT molecular complexity index is 447. The SMILES string of the molecule is CCC1CCC(CNC(=O)c2cc(N)cc(F)c2)CC1. The Hall–Kier alpha value is -1.58. The Kier molecular flexibility index (Phi) is 4.99. The molecular formula is C16H23FN2O. The minimum Gasteiger partial charge on any atom is -0.399 e. The van der Waals surface area contributed by atoms with Crippen LogP contribution in [-0.4, -0.2) is 12.5 Å². The van der Waals surface area contributed by atoms with Gasteiger partial charge in [-0.3, -0.25) is 4.79 Å². The third-order valence-corrected chi connectivity index (χ3v) is 4.28. The van der Waals surface area contributed by atoms with Crippen LogP contribution < -0.4 is 11.1 Å². The Morgan fingerprint density at radius 1 is 1.25 bits per heavy atom. The molecule has 1 amide bonds. The van der Waals surface area contributed by atoms with Crippen LogP contribution in [0, 0.1) is 17.7 Å². The lowest BCUT2D eigenvalue weighted by Crippen LogP contribution is -2.31. The molecule has 0 saturated heterocycles. The van der Waals surface area contributed by atoms with E-state index in [1.54, 1.807) is 0 Å². The molecule has 1 aliphatic carbocycles. The molecular weight excluding hydrogens is 255 g/mol. The highest BCUT2D eigenvalue weighted by Crippen LogP contribution is 2.30. The molecule has 0 bridgehead atoms. The van der Waals surface area contributed by atoms with E-state index in [2.05, 4.69) is 12.2 Å². The van der Waals surface area contributed by atoms with Crippen LogP contribution in [0.2, 0.25) is 0 Å². The van der Waals surface area contributed by atoms with Gasteiger partial charge in [0.15, 0.2) is 0 Å². The molecule has 1 fully saturated rings. The molecule has 4 heteroatoms. The van der Waals surface area contributed by atoms with Gasteiger partial charge in [-0.2, -0.15) is 0 Å². The summed E-state index contributed by atoms with van der Waals surface area (Å²) in [6.07, 6.45) is 6.10. The number of carbonyl (C=O) groups excluding carboxylic acids is 1. The normalized spacial score (nSPS) is 22.5. The van der Waals surface area contributed by atoms with Gasteiger partial charge in [-0.15, -0.1) is 0 Å². The van der Waals surface area contributed by atoms with Crippen LogP contribution in [0.3, 0.4) is 0 Å². The van der Waals surface area contributed by atoms with Crippen molar-refractivity contribution >= 4 is 11.6 Å². The molecule has 0 spiro atoms. The maximum absolute atomic E-state index is 13.2. The number of amides is 1. The first-order valence-corrected chi connectivity index (χ1v) is 7.42. The quantitative estimate of drug-likeness (QED) is 0.830. The number of benzene rings is 1. The number of anilines is 1. The van der Waals surface area contributed by atoms with E-state index in [9.17, 15) is 9.18 Å². The Morgan fingerprint density at radius 3 is 2.50 bits per heavy atom. The number of hydrogen-bond donors (Lipinski definition) is 2. The number of rotatable bonds is 4. The van der Waals surface area contributed by atoms with E-state index in [0.717, 1.165) is 5.92 Å². The summed E-state index contributed by atoms with van der Waals surface area (Å²) in [6.45, 7) is 2.91. The van der Waals surface area contributed by atoms with Crippen molar-refractivity contribution in [1.29, 1.82) is 0 Å². The molecule has 0 aromatic heterocycles. The van der Waals surface area contributed by atoms with E-state index in [1.807, 2.05) is 0 Å². The average molecular weight is 278 g/mol. The topological polar surface area (TPSA) is 55.1 Å². The van der Waals surface area contributed by atoms with E-state index in [1.165, 1.54) is 50.3 Å². The van der Waals surface area contributed by atoms with Crippen molar-refractivity contribution in [3.8, 4) is 0 Å². The van der Waals surface area contributed by atoms with Gasteiger partial charge in [0.05, 0.1) is 0 Å². The monoisotopic (exact) mass is 278 g/mol. The summed E-state index contributed by atoms with van der Waals surface area (Å²) in [6, 6.07) is 3.94. The second-order valence-electron chi connectivity index (χ2n) is 5.78. The largest absolute Gasteiger partial charge is 0.399 e. The van der Waals surface area contributed by atoms with Gasteiger partial charge in [0.2, 0.25) is 0 Å². The summed E-state index contributed by atoms with van der Waals surface area (Å²) < 4.78 is 13.2. The van der Waals surface area contributed by atoms with E-state index in [-0.39, 0.29) is 11.6 Å².